The van der Waals surface area contributed by atoms with Crippen molar-refractivity contribution in [2.75, 3.05) is 31.7 Å². The Bertz CT molecular complexity index is 315. The number of methoxy groups -OCH3 is 1. The Hall–Kier alpha value is -0.750. The molecule has 1 aliphatic heterocycles. The number of likely N-dealkylation sites (tertiary alicyclic amines) is 1. The minimum Gasteiger partial charge on any atom is -0.468 e. The van der Waals surface area contributed by atoms with E-state index in [1.165, 1.54) is 25.3 Å². The van der Waals surface area contributed by atoms with Crippen LogP contribution in [-0.4, -0.2) is 54.5 Å². The van der Waals surface area contributed by atoms with Crippen molar-refractivity contribution < 1.29 is 14.3 Å². The summed E-state index contributed by atoms with van der Waals surface area (Å²) < 4.78 is 4.54. The standard InChI is InChI=1S/C13H24N2O3S/c1-9-4-10(2)6-15(5-9)12(16)8-19-7-11(14)13(17)18-3/h9-11H,4-8,14H2,1-3H3. The quantitative estimate of drug-likeness (QED) is 0.755. The highest BCUT2D eigenvalue weighted by molar-refractivity contribution is 8.00. The van der Waals surface area contributed by atoms with Gasteiger partial charge in [0.25, 0.3) is 0 Å². The molecule has 0 radical (unpaired) electrons. The Morgan fingerprint density at radius 1 is 1.37 bits per heavy atom. The van der Waals surface area contributed by atoms with Crippen LogP contribution in [0.5, 0.6) is 0 Å². The molecule has 1 rings (SSSR count). The van der Waals surface area contributed by atoms with Crippen LogP contribution < -0.4 is 5.73 Å². The molecular weight excluding hydrogens is 264 g/mol. The minimum atomic E-state index is -0.651. The van der Waals surface area contributed by atoms with Gasteiger partial charge in [-0.15, -0.1) is 11.8 Å². The fraction of sp³-hybridized carbons (Fsp3) is 0.846. The first-order valence-corrected chi connectivity index (χ1v) is 7.78. The first kappa shape index (κ1) is 16.3. The molecule has 3 atom stereocenters. The van der Waals surface area contributed by atoms with Crippen LogP contribution in [0.25, 0.3) is 0 Å². The summed E-state index contributed by atoms with van der Waals surface area (Å²) >= 11 is 1.39. The summed E-state index contributed by atoms with van der Waals surface area (Å²) in [6.45, 7) is 6.03. The molecule has 1 fully saturated rings. The molecule has 19 heavy (non-hydrogen) atoms. The van der Waals surface area contributed by atoms with Crippen molar-refractivity contribution in [2.24, 2.45) is 17.6 Å². The summed E-state index contributed by atoms with van der Waals surface area (Å²) in [6.07, 6.45) is 1.18. The van der Waals surface area contributed by atoms with E-state index in [4.69, 9.17) is 5.73 Å². The van der Waals surface area contributed by atoms with Gasteiger partial charge in [0.1, 0.15) is 6.04 Å². The van der Waals surface area contributed by atoms with Crippen molar-refractivity contribution in [3.05, 3.63) is 0 Å². The van der Waals surface area contributed by atoms with Crippen molar-refractivity contribution in [1.29, 1.82) is 0 Å². The second-order valence-corrected chi connectivity index (χ2v) is 6.42. The molecule has 2 N–H and O–H groups in total. The number of piperidine rings is 1. The maximum Gasteiger partial charge on any atom is 0.323 e. The van der Waals surface area contributed by atoms with E-state index in [1.807, 2.05) is 4.90 Å². The van der Waals surface area contributed by atoms with Gasteiger partial charge in [0.2, 0.25) is 5.91 Å². The third kappa shape index (κ3) is 5.40. The van der Waals surface area contributed by atoms with Crippen LogP contribution in [0.15, 0.2) is 0 Å². The van der Waals surface area contributed by atoms with Gasteiger partial charge in [-0.05, 0) is 18.3 Å². The summed E-state index contributed by atoms with van der Waals surface area (Å²) in [5.74, 6) is 1.63. The van der Waals surface area contributed by atoms with E-state index in [1.54, 1.807) is 0 Å². The number of ether oxygens (including phenoxy) is 1. The van der Waals surface area contributed by atoms with Crippen molar-refractivity contribution >= 4 is 23.6 Å². The lowest BCUT2D eigenvalue weighted by Crippen LogP contribution is -2.43. The van der Waals surface area contributed by atoms with E-state index >= 15 is 0 Å². The topological polar surface area (TPSA) is 72.6 Å². The maximum absolute atomic E-state index is 12.1. The zero-order valence-corrected chi connectivity index (χ0v) is 12.7. The van der Waals surface area contributed by atoms with Crippen molar-refractivity contribution in [3.63, 3.8) is 0 Å². The predicted molar refractivity (Wildman–Crippen MR) is 76.8 cm³/mol. The predicted octanol–water partition coefficient (Wildman–Crippen LogP) is 0.724. The SMILES string of the molecule is COC(=O)C(N)CSCC(=O)N1CC(C)CC(C)C1. The molecule has 0 aromatic rings. The first-order chi connectivity index (χ1) is 8.93. The fourth-order valence-corrected chi connectivity index (χ4v) is 3.32. The molecule has 0 bridgehead atoms. The van der Waals surface area contributed by atoms with Crippen molar-refractivity contribution in [2.45, 2.75) is 26.3 Å². The molecule has 0 aromatic heterocycles. The van der Waals surface area contributed by atoms with Crippen LogP contribution in [0.3, 0.4) is 0 Å². The summed E-state index contributed by atoms with van der Waals surface area (Å²) in [6, 6.07) is -0.651. The Morgan fingerprint density at radius 3 is 2.47 bits per heavy atom. The number of thioether (sulfide) groups is 1. The Balaban J connectivity index is 2.29. The van der Waals surface area contributed by atoms with Gasteiger partial charge in [-0.1, -0.05) is 13.8 Å². The molecule has 5 nitrogen and oxygen atoms in total. The Morgan fingerprint density at radius 2 is 1.95 bits per heavy atom. The van der Waals surface area contributed by atoms with Gasteiger partial charge in [-0.25, -0.2) is 0 Å². The number of nitrogens with two attached hydrogens (primary N) is 1. The van der Waals surface area contributed by atoms with Crippen LogP contribution in [0.2, 0.25) is 0 Å². The summed E-state index contributed by atoms with van der Waals surface area (Å²) in [7, 11) is 1.31. The first-order valence-electron chi connectivity index (χ1n) is 6.63. The largest absolute Gasteiger partial charge is 0.468 e. The third-order valence-corrected chi connectivity index (χ3v) is 4.29. The molecule has 110 valence electrons. The number of esters is 1. The van der Waals surface area contributed by atoms with Gasteiger partial charge in [0, 0.05) is 18.8 Å². The van der Waals surface area contributed by atoms with Gasteiger partial charge < -0.3 is 15.4 Å². The lowest BCUT2D eigenvalue weighted by Gasteiger charge is -2.35. The lowest BCUT2D eigenvalue weighted by atomic mass is 9.92. The number of hydrogen-bond donors (Lipinski definition) is 1. The number of amides is 1. The zero-order valence-electron chi connectivity index (χ0n) is 11.9. The molecule has 0 aromatic carbocycles. The maximum atomic E-state index is 12.1. The summed E-state index contributed by atoms with van der Waals surface area (Å²) in [5.41, 5.74) is 5.62. The van der Waals surface area contributed by atoms with Gasteiger partial charge in [0.05, 0.1) is 12.9 Å². The van der Waals surface area contributed by atoms with Crippen LogP contribution in [-0.2, 0) is 14.3 Å². The molecule has 1 heterocycles. The fourth-order valence-electron chi connectivity index (χ4n) is 2.45. The molecule has 1 aliphatic rings. The number of carbonyl (C=O) groups excluding carboxylic acids is 2. The van der Waals surface area contributed by atoms with E-state index in [9.17, 15) is 9.59 Å². The Labute approximate surface area is 119 Å². The van der Waals surface area contributed by atoms with Gasteiger partial charge >= 0.3 is 5.97 Å². The molecule has 3 unspecified atom stereocenters. The summed E-state index contributed by atoms with van der Waals surface area (Å²) in [5, 5.41) is 0. The molecule has 1 saturated heterocycles. The second kappa shape index (κ2) is 7.75. The number of carbonyl (C=O) groups is 2. The molecular formula is C13H24N2O3S. The normalized spacial score (nSPS) is 24.9. The van der Waals surface area contributed by atoms with Crippen molar-refractivity contribution in [3.8, 4) is 0 Å². The molecule has 1 amide bonds. The number of hydrogen-bond acceptors (Lipinski definition) is 5. The van der Waals surface area contributed by atoms with E-state index in [0.717, 1.165) is 13.1 Å². The highest BCUT2D eigenvalue weighted by Crippen LogP contribution is 2.21. The van der Waals surface area contributed by atoms with Crippen LogP contribution in [0.1, 0.15) is 20.3 Å². The van der Waals surface area contributed by atoms with E-state index in [-0.39, 0.29) is 5.91 Å². The van der Waals surface area contributed by atoms with Crippen LogP contribution in [0, 0.1) is 11.8 Å². The molecule has 6 heteroatoms. The molecule has 0 spiro atoms. The lowest BCUT2D eigenvalue weighted by molar-refractivity contribution is -0.141. The van der Waals surface area contributed by atoms with E-state index in [2.05, 4.69) is 18.6 Å². The van der Waals surface area contributed by atoms with Gasteiger partial charge in [-0.2, -0.15) is 0 Å². The highest BCUT2D eigenvalue weighted by Gasteiger charge is 2.25. The monoisotopic (exact) mass is 288 g/mol. The second-order valence-electron chi connectivity index (χ2n) is 5.39. The van der Waals surface area contributed by atoms with Crippen molar-refractivity contribution in [1.82, 2.24) is 4.90 Å². The smallest absolute Gasteiger partial charge is 0.323 e. The minimum absolute atomic E-state index is 0.139. The zero-order chi connectivity index (χ0) is 14.4. The Kier molecular flexibility index (Phi) is 6.65. The third-order valence-electron chi connectivity index (χ3n) is 3.25. The van der Waals surface area contributed by atoms with Crippen LogP contribution in [0.4, 0.5) is 0 Å². The average Bonchev–Trinajstić information content (AvgIpc) is 2.36. The number of rotatable bonds is 5. The molecule has 0 aliphatic carbocycles. The van der Waals surface area contributed by atoms with Gasteiger partial charge in [-0.3, -0.25) is 9.59 Å². The van der Waals surface area contributed by atoms with Crippen LogP contribution >= 0.6 is 11.8 Å². The van der Waals surface area contributed by atoms with E-state index in [0.29, 0.717) is 23.3 Å². The number of nitrogens with zero attached hydrogens (tertiary/aromatic N) is 1. The van der Waals surface area contributed by atoms with Gasteiger partial charge in [0.15, 0.2) is 0 Å². The average molecular weight is 288 g/mol. The summed E-state index contributed by atoms with van der Waals surface area (Å²) in [4.78, 5) is 25.1. The molecule has 0 saturated carbocycles. The van der Waals surface area contributed by atoms with E-state index < -0.39 is 12.0 Å². The highest BCUT2D eigenvalue weighted by atomic mass is 32.2.